The third kappa shape index (κ3) is 2.97. The molecule has 1 heterocycles. The molecule has 2 rings (SSSR count). The summed E-state index contributed by atoms with van der Waals surface area (Å²) < 4.78 is 4.55. The highest BCUT2D eigenvalue weighted by molar-refractivity contribution is 5.94. The number of hydrogen-bond acceptors (Lipinski definition) is 3. The molecule has 1 aliphatic heterocycles. The van der Waals surface area contributed by atoms with Crippen LogP contribution in [0.2, 0.25) is 0 Å². The fourth-order valence-corrected chi connectivity index (χ4v) is 1.88. The smallest absolute Gasteiger partial charge is 0.309 e. The lowest BCUT2D eigenvalue weighted by Gasteiger charge is -2.16. The van der Waals surface area contributed by atoms with Crippen LogP contribution in [-0.4, -0.2) is 19.0 Å². The number of hydrogen-bond donors (Lipinski definition) is 1. The fourth-order valence-electron chi connectivity index (χ4n) is 1.88. The summed E-state index contributed by atoms with van der Waals surface area (Å²) in [4.78, 5) is 22.2. The SMILES string of the molecule is COC(=O)CC=Cc1ccc2c(c1)CCC(=O)N2. The van der Waals surface area contributed by atoms with Crippen LogP contribution in [0.4, 0.5) is 5.69 Å². The summed E-state index contributed by atoms with van der Waals surface area (Å²) in [6.45, 7) is 0. The predicted octanol–water partition coefficient (Wildman–Crippen LogP) is 2.15. The second-order valence-corrected chi connectivity index (χ2v) is 4.15. The number of methoxy groups -OCH3 is 1. The third-order valence-electron chi connectivity index (χ3n) is 2.85. The van der Waals surface area contributed by atoms with Gasteiger partial charge in [0.1, 0.15) is 0 Å². The highest BCUT2D eigenvalue weighted by Gasteiger charge is 2.13. The molecule has 0 bridgehead atoms. The lowest BCUT2D eigenvalue weighted by molar-refractivity contribution is -0.139. The summed E-state index contributed by atoms with van der Waals surface area (Å²) in [6.07, 6.45) is 5.22. The topological polar surface area (TPSA) is 55.4 Å². The number of aryl methyl sites for hydroxylation is 1. The standard InChI is InChI=1S/C14H15NO3/c1-18-14(17)4-2-3-10-5-7-12-11(9-10)6-8-13(16)15-12/h2-3,5,7,9H,4,6,8H2,1H3,(H,15,16). The molecule has 0 radical (unpaired) electrons. The maximum absolute atomic E-state index is 11.2. The molecule has 0 fully saturated rings. The van der Waals surface area contributed by atoms with Gasteiger partial charge in [-0.05, 0) is 29.7 Å². The van der Waals surface area contributed by atoms with E-state index in [-0.39, 0.29) is 18.3 Å². The molecule has 1 aromatic rings. The van der Waals surface area contributed by atoms with E-state index in [0.29, 0.717) is 6.42 Å². The summed E-state index contributed by atoms with van der Waals surface area (Å²) >= 11 is 0. The van der Waals surface area contributed by atoms with Crippen LogP contribution in [0.15, 0.2) is 24.3 Å². The average Bonchev–Trinajstić information content (AvgIpc) is 2.38. The van der Waals surface area contributed by atoms with E-state index in [1.54, 1.807) is 6.08 Å². The molecule has 18 heavy (non-hydrogen) atoms. The van der Waals surface area contributed by atoms with Gasteiger partial charge < -0.3 is 10.1 Å². The Bertz CT molecular complexity index is 506. The number of rotatable bonds is 3. The van der Waals surface area contributed by atoms with Crippen molar-refractivity contribution in [2.24, 2.45) is 0 Å². The number of ether oxygens (including phenoxy) is 1. The van der Waals surface area contributed by atoms with Crippen LogP contribution in [0.3, 0.4) is 0 Å². The van der Waals surface area contributed by atoms with Crippen LogP contribution in [0.25, 0.3) is 6.08 Å². The van der Waals surface area contributed by atoms with E-state index in [0.717, 1.165) is 23.2 Å². The Morgan fingerprint density at radius 2 is 2.28 bits per heavy atom. The van der Waals surface area contributed by atoms with Gasteiger partial charge >= 0.3 is 5.97 Å². The van der Waals surface area contributed by atoms with E-state index < -0.39 is 0 Å². The van der Waals surface area contributed by atoms with E-state index in [9.17, 15) is 9.59 Å². The lowest BCUT2D eigenvalue weighted by Crippen LogP contribution is -2.18. The average molecular weight is 245 g/mol. The van der Waals surface area contributed by atoms with Crippen molar-refractivity contribution in [3.8, 4) is 0 Å². The molecule has 0 spiro atoms. The van der Waals surface area contributed by atoms with Crippen molar-refractivity contribution in [1.29, 1.82) is 0 Å². The van der Waals surface area contributed by atoms with E-state index in [4.69, 9.17) is 0 Å². The van der Waals surface area contributed by atoms with Crippen molar-refractivity contribution in [3.05, 3.63) is 35.4 Å². The molecule has 0 unspecified atom stereocenters. The highest BCUT2D eigenvalue weighted by Crippen LogP contribution is 2.24. The van der Waals surface area contributed by atoms with Crippen LogP contribution in [-0.2, 0) is 20.7 Å². The van der Waals surface area contributed by atoms with Gasteiger partial charge in [0.2, 0.25) is 5.91 Å². The Kier molecular flexibility index (Phi) is 3.77. The van der Waals surface area contributed by atoms with Gasteiger partial charge in [-0.15, -0.1) is 0 Å². The number of esters is 1. The second kappa shape index (κ2) is 5.49. The molecule has 0 atom stereocenters. The monoisotopic (exact) mass is 245 g/mol. The minimum absolute atomic E-state index is 0.0662. The Morgan fingerprint density at radius 1 is 1.44 bits per heavy atom. The molecule has 0 aliphatic carbocycles. The van der Waals surface area contributed by atoms with Crippen molar-refractivity contribution >= 4 is 23.6 Å². The van der Waals surface area contributed by atoms with E-state index in [2.05, 4.69) is 10.1 Å². The number of nitrogens with one attached hydrogen (secondary N) is 1. The number of fused-ring (bicyclic) bond motifs is 1. The highest BCUT2D eigenvalue weighted by atomic mass is 16.5. The van der Waals surface area contributed by atoms with E-state index >= 15 is 0 Å². The van der Waals surface area contributed by atoms with Gasteiger partial charge in [0.05, 0.1) is 13.5 Å². The van der Waals surface area contributed by atoms with Gasteiger partial charge in [0.25, 0.3) is 0 Å². The third-order valence-corrected chi connectivity index (χ3v) is 2.85. The number of anilines is 1. The maximum Gasteiger partial charge on any atom is 0.309 e. The molecule has 4 heteroatoms. The summed E-state index contributed by atoms with van der Waals surface area (Å²) in [6, 6.07) is 5.84. The summed E-state index contributed by atoms with van der Waals surface area (Å²) in [7, 11) is 1.37. The minimum atomic E-state index is -0.253. The minimum Gasteiger partial charge on any atom is -0.469 e. The van der Waals surface area contributed by atoms with Crippen LogP contribution in [0.1, 0.15) is 24.0 Å². The first-order chi connectivity index (χ1) is 8.69. The molecular formula is C14H15NO3. The Labute approximate surface area is 106 Å². The van der Waals surface area contributed by atoms with Gasteiger partial charge in [0, 0.05) is 12.1 Å². The van der Waals surface area contributed by atoms with Gasteiger partial charge in [-0.2, -0.15) is 0 Å². The zero-order valence-corrected chi connectivity index (χ0v) is 10.2. The van der Waals surface area contributed by atoms with Crippen LogP contribution >= 0.6 is 0 Å². The van der Waals surface area contributed by atoms with Gasteiger partial charge in [-0.25, -0.2) is 0 Å². The molecule has 0 aromatic heterocycles. The number of amides is 1. The molecular weight excluding hydrogens is 230 g/mol. The normalized spacial score (nSPS) is 14.2. The van der Waals surface area contributed by atoms with Crippen molar-refractivity contribution in [2.45, 2.75) is 19.3 Å². The predicted molar refractivity (Wildman–Crippen MR) is 69.1 cm³/mol. The Hall–Kier alpha value is -2.10. The number of carbonyl (C=O) groups is 2. The molecule has 0 saturated carbocycles. The fraction of sp³-hybridized carbons (Fsp3) is 0.286. The number of benzene rings is 1. The van der Waals surface area contributed by atoms with Gasteiger partial charge in [-0.1, -0.05) is 18.2 Å². The quantitative estimate of drug-likeness (QED) is 0.830. The van der Waals surface area contributed by atoms with E-state index in [1.807, 2.05) is 24.3 Å². The Morgan fingerprint density at radius 3 is 3.06 bits per heavy atom. The zero-order valence-electron chi connectivity index (χ0n) is 10.2. The first kappa shape index (κ1) is 12.4. The zero-order chi connectivity index (χ0) is 13.0. The summed E-state index contributed by atoms with van der Waals surface area (Å²) in [5, 5.41) is 2.83. The van der Waals surface area contributed by atoms with E-state index in [1.165, 1.54) is 7.11 Å². The van der Waals surface area contributed by atoms with Crippen molar-refractivity contribution < 1.29 is 14.3 Å². The first-order valence-electron chi connectivity index (χ1n) is 5.85. The molecule has 1 aromatic carbocycles. The molecule has 4 nitrogen and oxygen atoms in total. The largest absolute Gasteiger partial charge is 0.469 e. The van der Waals surface area contributed by atoms with Crippen LogP contribution < -0.4 is 5.32 Å². The summed E-state index contributed by atoms with van der Waals surface area (Å²) in [5.74, 6) is -0.187. The lowest BCUT2D eigenvalue weighted by atomic mass is 10.0. The molecule has 0 saturated heterocycles. The molecule has 94 valence electrons. The molecule has 1 aliphatic rings. The van der Waals surface area contributed by atoms with Crippen LogP contribution in [0, 0.1) is 0 Å². The summed E-state index contributed by atoms with van der Waals surface area (Å²) in [5.41, 5.74) is 3.04. The molecule has 1 amide bonds. The van der Waals surface area contributed by atoms with Crippen LogP contribution in [0.5, 0.6) is 0 Å². The number of carbonyl (C=O) groups excluding carboxylic acids is 2. The van der Waals surface area contributed by atoms with Gasteiger partial charge in [0.15, 0.2) is 0 Å². The second-order valence-electron chi connectivity index (χ2n) is 4.15. The van der Waals surface area contributed by atoms with Gasteiger partial charge in [-0.3, -0.25) is 9.59 Å². The Balaban J connectivity index is 2.07. The first-order valence-corrected chi connectivity index (χ1v) is 5.85. The molecule has 1 N–H and O–H groups in total. The van der Waals surface area contributed by atoms with Crippen molar-refractivity contribution in [3.63, 3.8) is 0 Å². The van der Waals surface area contributed by atoms with Crippen molar-refractivity contribution in [1.82, 2.24) is 0 Å². The van der Waals surface area contributed by atoms with Crippen molar-refractivity contribution in [2.75, 3.05) is 12.4 Å². The maximum atomic E-state index is 11.2.